The first-order chi connectivity index (χ1) is 16.5. The molecule has 0 aliphatic carbocycles. The van der Waals surface area contributed by atoms with Crippen molar-refractivity contribution < 1.29 is 19.5 Å². The molecule has 0 unspecified atom stereocenters. The van der Waals surface area contributed by atoms with Gasteiger partial charge >= 0.3 is 0 Å². The summed E-state index contributed by atoms with van der Waals surface area (Å²) in [5.41, 5.74) is 1.87. The molecular formula is C27H28Cl2N2O4. The number of benzene rings is 3. The summed E-state index contributed by atoms with van der Waals surface area (Å²) in [6, 6.07) is 18.9. The van der Waals surface area contributed by atoms with Gasteiger partial charge in [0.1, 0.15) is 11.8 Å². The number of carbonyl (C=O) groups excluding carboxylic acids is 2. The van der Waals surface area contributed by atoms with Crippen LogP contribution in [0.15, 0.2) is 66.7 Å². The first-order valence-corrected chi connectivity index (χ1v) is 11.8. The lowest BCUT2D eigenvalue weighted by Gasteiger charge is -2.32. The number of nitrogens with one attached hydrogen (secondary N) is 1. The Morgan fingerprint density at radius 2 is 1.57 bits per heavy atom. The van der Waals surface area contributed by atoms with Crippen molar-refractivity contribution in [1.29, 1.82) is 0 Å². The summed E-state index contributed by atoms with van der Waals surface area (Å²) in [7, 11) is 1.62. The van der Waals surface area contributed by atoms with Gasteiger partial charge in [0, 0.05) is 12.0 Å². The van der Waals surface area contributed by atoms with Crippen LogP contribution in [0.2, 0.25) is 10.0 Å². The quantitative estimate of drug-likeness (QED) is 0.298. The van der Waals surface area contributed by atoms with Gasteiger partial charge in [-0.15, -0.1) is 0 Å². The summed E-state index contributed by atoms with van der Waals surface area (Å²) in [6.45, 7) is 5.07. The number of ether oxygens (including phenoxy) is 1. The third kappa shape index (κ3) is 6.34. The number of rotatable bonds is 7. The molecule has 3 aromatic rings. The van der Waals surface area contributed by atoms with Crippen LogP contribution >= 0.6 is 23.2 Å². The van der Waals surface area contributed by atoms with Crippen LogP contribution in [0.25, 0.3) is 11.1 Å². The van der Waals surface area contributed by atoms with Gasteiger partial charge in [-0.3, -0.25) is 14.8 Å². The second kappa shape index (κ2) is 11.1. The fraction of sp³-hybridized carbons (Fsp3) is 0.259. The maximum Gasteiger partial charge on any atom is 0.269 e. The molecule has 2 N–H and O–H groups in total. The number of amides is 2. The van der Waals surface area contributed by atoms with Gasteiger partial charge in [0.15, 0.2) is 0 Å². The molecule has 35 heavy (non-hydrogen) atoms. The summed E-state index contributed by atoms with van der Waals surface area (Å²) >= 11 is 12.4. The summed E-state index contributed by atoms with van der Waals surface area (Å²) in [5, 5.41) is 14.2. The van der Waals surface area contributed by atoms with E-state index in [4.69, 9.17) is 27.9 Å². The van der Waals surface area contributed by atoms with E-state index in [0.29, 0.717) is 5.06 Å². The van der Waals surface area contributed by atoms with Crippen molar-refractivity contribution in [3.8, 4) is 16.9 Å². The van der Waals surface area contributed by atoms with Gasteiger partial charge in [-0.2, -0.15) is 0 Å². The van der Waals surface area contributed by atoms with Crippen LogP contribution in [0.1, 0.15) is 36.7 Å². The van der Waals surface area contributed by atoms with Crippen molar-refractivity contribution >= 4 is 35.0 Å². The predicted octanol–water partition coefficient (Wildman–Crippen LogP) is 6.03. The Morgan fingerprint density at radius 3 is 2.14 bits per heavy atom. The highest BCUT2D eigenvalue weighted by Gasteiger charge is 2.33. The van der Waals surface area contributed by atoms with Gasteiger partial charge in [-0.25, -0.2) is 5.06 Å². The van der Waals surface area contributed by atoms with E-state index in [-0.39, 0.29) is 22.0 Å². The SMILES string of the molecule is COc1ccccc1-c1ccc(C[C@H](NC(=O)c2c(Cl)cccc2Cl)C(=O)N(O)C(C)(C)C)cc1. The zero-order valence-electron chi connectivity index (χ0n) is 20.0. The van der Waals surface area contributed by atoms with Crippen LogP contribution in [-0.2, 0) is 11.2 Å². The molecule has 0 aliphatic heterocycles. The molecule has 3 rings (SSSR count). The van der Waals surface area contributed by atoms with Crippen LogP contribution in [-0.4, -0.2) is 40.8 Å². The normalized spacial score (nSPS) is 12.1. The van der Waals surface area contributed by atoms with Crippen LogP contribution in [0.5, 0.6) is 5.75 Å². The van der Waals surface area contributed by atoms with E-state index in [1.54, 1.807) is 46.1 Å². The number of carbonyl (C=O) groups is 2. The van der Waals surface area contributed by atoms with E-state index < -0.39 is 23.4 Å². The molecule has 0 radical (unpaired) electrons. The van der Waals surface area contributed by atoms with E-state index in [0.717, 1.165) is 22.4 Å². The van der Waals surface area contributed by atoms with E-state index in [2.05, 4.69) is 5.32 Å². The Balaban J connectivity index is 1.89. The van der Waals surface area contributed by atoms with Crippen molar-refractivity contribution in [2.75, 3.05) is 7.11 Å². The van der Waals surface area contributed by atoms with Crippen LogP contribution in [0, 0.1) is 0 Å². The van der Waals surface area contributed by atoms with Gasteiger partial charge in [-0.05, 0) is 50.1 Å². The number of hydroxylamine groups is 2. The number of methoxy groups -OCH3 is 1. The van der Waals surface area contributed by atoms with Crippen LogP contribution in [0.3, 0.4) is 0 Å². The lowest BCUT2D eigenvalue weighted by atomic mass is 9.98. The molecule has 2 amide bonds. The topological polar surface area (TPSA) is 78.9 Å². The molecule has 8 heteroatoms. The highest BCUT2D eigenvalue weighted by Crippen LogP contribution is 2.30. The first kappa shape index (κ1) is 26.5. The molecule has 0 fully saturated rings. The third-order valence-electron chi connectivity index (χ3n) is 5.45. The second-order valence-corrected chi connectivity index (χ2v) is 9.86. The van der Waals surface area contributed by atoms with Crippen molar-refractivity contribution in [3.63, 3.8) is 0 Å². The highest BCUT2D eigenvalue weighted by atomic mass is 35.5. The van der Waals surface area contributed by atoms with Crippen molar-refractivity contribution in [3.05, 3.63) is 87.9 Å². The third-order valence-corrected chi connectivity index (χ3v) is 6.08. The maximum absolute atomic E-state index is 13.2. The largest absolute Gasteiger partial charge is 0.496 e. The molecule has 0 spiro atoms. The number of nitrogens with zero attached hydrogens (tertiary/aromatic N) is 1. The Morgan fingerprint density at radius 1 is 0.971 bits per heavy atom. The smallest absolute Gasteiger partial charge is 0.269 e. The first-order valence-electron chi connectivity index (χ1n) is 11.0. The zero-order chi connectivity index (χ0) is 25.8. The molecule has 0 bridgehead atoms. The molecule has 0 aliphatic rings. The van der Waals surface area contributed by atoms with Gasteiger partial charge in [0.05, 0.1) is 28.3 Å². The molecule has 0 heterocycles. The van der Waals surface area contributed by atoms with Crippen molar-refractivity contribution in [1.82, 2.24) is 10.4 Å². The number of hydrogen-bond donors (Lipinski definition) is 2. The Labute approximate surface area is 215 Å². The molecule has 0 saturated carbocycles. The van der Waals surface area contributed by atoms with Gasteiger partial charge in [0.25, 0.3) is 11.8 Å². The van der Waals surface area contributed by atoms with E-state index in [1.165, 1.54) is 0 Å². The predicted molar refractivity (Wildman–Crippen MR) is 138 cm³/mol. The van der Waals surface area contributed by atoms with Crippen LogP contribution in [0.4, 0.5) is 0 Å². The number of hydrogen-bond acceptors (Lipinski definition) is 4. The van der Waals surface area contributed by atoms with Crippen molar-refractivity contribution in [2.45, 2.75) is 38.8 Å². The Hall–Kier alpha value is -3.06. The standard InChI is InChI=1S/C27H28Cl2N2O4/c1-27(2,3)31(34)26(33)22(30-25(32)24-20(28)9-7-10-21(24)29)16-17-12-14-18(15-13-17)19-8-5-6-11-23(19)35-4/h5-15,22,34H,16H2,1-4H3,(H,30,32)/t22-/m0/s1. The highest BCUT2D eigenvalue weighted by molar-refractivity contribution is 6.39. The number of halogens is 2. The zero-order valence-corrected chi connectivity index (χ0v) is 21.5. The molecule has 3 aromatic carbocycles. The molecule has 6 nitrogen and oxygen atoms in total. The number of para-hydroxylation sites is 1. The Bertz CT molecular complexity index is 1190. The molecule has 184 valence electrons. The minimum atomic E-state index is -1.06. The fourth-order valence-electron chi connectivity index (χ4n) is 3.56. The van der Waals surface area contributed by atoms with Crippen LogP contribution < -0.4 is 10.1 Å². The Kier molecular flexibility index (Phi) is 8.43. The lowest BCUT2D eigenvalue weighted by molar-refractivity contribution is -0.188. The maximum atomic E-state index is 13.2. The van der Waals surface area contributed by atoms with E-state index in [9.17, 15) is 14.8 Å². The minimum Gasteiger partial charge on any atom is -0.496 e. The second-order valence-electron chi connectivity index (χ2n) is 9.04. The summed E-state index contributed by atoms with van der Waals surface area (Å²) in [4.78, 5) is 26.2. The summed E-state index contributed by atoms with van der Waals surface area (Å²) in [5.74, 6) is -0.506. The molecular weight excluding hydrogens is 487 g/mol. The van der Waals surface area contributed by atoms with Gasteiger partial charge in [0.2, 0.25) is 0 Å². The van der Waals surface area contributed by atoms with Crippen molar-refractivity contribution in [2.24, 2.45) is 0 Å². The molecule has 0 saturated heterocycles. The average molecular weight is 515 g/mol. The van der Waals surface area contributed by atoms with Gasteiger partial charge in [-0.1, -0.05) is 71.7 Å². The molecule has 1 atom stereocenters. The summed E-state index contributed by atoms with van der Waals surface area (Å²) in [6.07, 6.45) is 0.145. The van der Waals surface area contributed by atoms with E-state index in [1.807, 2.05) is 48.5 Å². The average Bonchev–Trinajstić information content (AvgIpc) is 2.82. The van der Waals surface area contributed by atoms with Gasteiger partial charge < -0.3 is 10.1 Å². The minimum absolute atomic E-state index is 0.0698. The molecule has 0 aromatic heterocycles. The lowest BCUT2D eigenvalue weighted by Crippen LogP contribution is -2.54. The monoisotopic (exact) mass is 514 g/mol. The summed E-state index contributed by atoms with van der Waals surface area (Å²) < 4.78 is 5.44. The van der Waals surface area contributed by atoms with E-state index >= 15 is 0 Å². The fourth-order valence-corrected chi connectivity index (χ4v) is 4.13.